The molecule has 1 saturated heterocycles. The lowest BCUT2D eigenvalue weighted by molar-refractivity contribution is 0.296. The van der Waals surface area contributed by atoms with Gasteiger partial charge in [-0.3, -0.25) is 0 Å². The van der Waals surface area contributed by atoms with Gasteiger partial charge in [-0.2, -0.15) is 4.31 Å². The Kier molecular flexibility index (Phi) is 3.27. The monoisotopic (exact) mass is 258 g/mol. The Morgan fingerprint density at radius 3 is 2.76 bits per heavy atom. The first kappa shape index (κ1) is 12.6. The van der Waals surface area contributed by atoms with Crippen molar-refractivity contribution in [3.63, 3.8) is 0 Å². The summed E-state index contributed by atoms with van der Waals surface area (Å²) in [5.41, 5.74) is 0.875. The maximum atomic E-state index is 11.6. The number of aromatic nitrogens is 1. The van der Waals surface area contributed by atoms with E-state index in [4.69, 9.17) is 4.52 Å². The number of hydrogen-bond donors (Lipinski definition) is 0. The number of rotatable bonds is 3. The number of nitrogens with zero attached hydrogens (tertiary/aromatic N) is 2. The first-order valence-electron chi connectivity index (χ1n) is 5.83. The molecule has 96 valence electrons. The molecule has 1 aliphatic heterocycles. The Labute approximate surface area is 102 Å². The molecule has 0 N–H and O–H groups in total. The van der Waals surface area contributed by atoms with E-state index in [-0.39, 0.29) is 6.04 Å². The highest BCUT2D eigenvalue weighted by atomic mass is 32.2. The third kappa shape index (κ3) is 2.52. The van der Waals surface area contributed by atoms with E-state index >= 15 is 0 Å². The quantitative estimate of drug-likeness (QED) is 0.830. The van der Waals surface area contributed by atoms with E-state index in [2.05, 4.69) is 5.16 Å². The van der Waals surface area contributed by atoms with Gasteiger partial charge in [0.15, 0.2) is 5.76 Å². The summed E-state index contributed by atoms with van der Waals surface area (Å²) < 4.78 is 30.0. The van der Waals surface area contributed by atoms with Gasteiger partial charge in [0, 0.05) is 12.6 Å². The molecule has 5 nitrogen and oxygen atoms in total. The van der Waals surface area contributed by atoms with Crippen LogP contribution in [-0.2, 0) is 10.0 Å². The fourth-order valence-electron chi connectivity index (χ4n) is 2.15. The lowest BCUT2D eigenvalue weighted by atomic mass is 10.1. The molecule has 17 heavy (non-hydrogen) atoms. The molecule has 0 aromatic carbocycles. The van der Waals surface area contributed by atoms with Gasteiger partial charge in [-0.05, 0) is 18.8 Å². The third-order valence-corrected chi connectivity index (χ3v) is 4.39. The van der Waals surface area contributed by atoms with Crippen molar-refractivity contribution in [3.05, 3.63) is 17.5 Å². The lowest BCUT2D eigenvalue weighted by Gasteiger charge is -2.19. The van der Waals surface area contributed by atoms with E-state index in [1.807, 2.05) is 19.9 Å². The fraction of sp³-hybridized carbons (Fsp3) is 0.727. The van der Waals surface area contributed by atoms with Gasteiger partial charge < -0.3 is 4.52 Å². The Morgan fingerprint density at radius 1 is 1.53 bits per heavy atom. The highest BCUT2D eigenvalue weighted by Crippen LogP contribution is 2.34. The molecule has 1 atom stereocenters. The molecule has 1 aromatic heterocycles. The summed E-state index contributed by atoms with van der Waals surface area (Å²) in [6.07, 6.45) is 2.92. The van der Waals surface area contributed by atoms with Crippen molar-refractivity contribution in [1.29, 1.82) is 0 Å². The van der Waals surface area contributed by atoms with Crippen molar-refractivity contribution in [2.45, 2.75) is 38.6 Å². The Morgan fingerprint density at radius 2 is 2.24 bits per heavy atom. The van der Waals surface area contributed by atoms with E-state index in [0.29, 0.717) is 18.2 Å². The summed E-state index contributed by atoms with van der Waals surface area (Å²) >= 11 is 0. The van der Waals surface area contributed by atoms with Crippen LogP contribution in [0.4, 0.5) is 0 Å². The van der Waals surface area contributed by atoms with E-state index in [1.165, 1.54) is 10.6 Å². The Bertz CT molecular complexity index is 493. The molecule has 0 aliphatic carbocycles. The average Bonchev–Trinajstić information content (AvgIpc) is 2.85. The van der Waals surface area contributed by atoms with Gasteiger partial charge in [-0.1, -0.05) is 19.0 Å². The van der Waals surface area contributed by atoms with Gasteiger partial charge in [0.05, 0.1) is 18.0 Å². The fourth-order valence-corrected chi connectivity index (χ4v) is 3.29. The van der Waals surface area contributed by atoms with Crippen LogP contribution in [0, 0.1) is 0 Å². The minimum absolute atomic E-state index is 0.176. The van der Waals surface area contributed by atoms with Gasteiger partial charge in [0.25, 0.3) is 0 Å². The van der Waals surface area contributed by atoms with Gasteiger partial charge in [0.2, 0.25) is 10.0 Å². The summed E-state index contributed by atoms with van der Waals surface area (Å²) in [5.74, 6) is 0.956. The van der Waals surface area contributed by atoms with Crippen LogP contribution in [0.5, 0.6) is 0 Å². The topological polar surface area (TPSA) is 63.4 Å². The van der Waals surface area contributed by atoms with E-state index in [9.17, 15) is 8.42 Å². The first-order valence-corrected chi connectivity index (χ1v) is 7.67. The van der Waals surface area contributed by atoms with Crippen LogP contribution < -0.4 is 0 Å². The Hall–Kier alpha value is -0.880. The predicted molar refractivity (Wildman–Crippen MR) is 64.1 cm³/mol. The molecule has 0 spiro atoms. The minimum atomic E-state index is -3.17. The standard InChI is InChI=1S/C11H18N2O3S/c1-8(2)9-7-11(16-12-9)10-5-4-6-13(10)17(3,14)15/h7-8,10H,4-6H2,1-3H3. The molecule has 1 aromatic rings. The minimum Gasteiger partial charge on any atom is -0.359 e. The maximum Gasteiger partial charge on any atom is 0.211 e. The molecule has 0 radical (unpaired) electrons. The van der Waals surface area contributed by atoms with Gasteiger partial charge in [-0.15, -0.1) is 0 Å². The van der Waals surface area contributed by atoms with Crippen LogP contribution in [0.15, 0.2) is 10.6 Å². The normalized spacial score (nSPS) is 22.5. The zero-order valence-corrected chi connectivity index (χ0v) is 11.2. The largest absolute Gasteiger partial charge is 0.359 e. The Balaban J connectivity index is 2.26. The van der Waals surface area contributed by atoms with E-state index in [0.717, 1.165) is 18.5 Å². The lowest BCUT2D eigenvalue weighted by Crippen LogP contribution is -2.29. The summed E-state index contributed by atoms with van der Waals surface area (Å²) in [6.45, 7) is 4.64. The van der Waals surface area contributed by atoms with E-state index in [1.54, 1.807) is 0 Å². The molecular formula is C11H18N2O3S. The zero-order valence-electron chi connectivity index (χ0n) is 10.4. The molecule has 6 heteroatoms. The van der Waals surface area contributed by atoms with Crippen molar-refractivity contribution in [2.24, 2.45) is 0 Å². The second-order valence-corrected chi connectivity index (χ2v) is 6.78. The summed E-state index contributed by atoms with van der Waals surface area (Å²) in [5, 5.41) is 3.98. The maximum absolute atomic E-state index is 11.6. The van der Waals surface area contributed by atoms with Crippen LogP contribution in [0.25, 0.3) is 0 Å². The second-order valence-electron chi connectivity index (χ2n) is 4.84. The summed E-state index contributed by atoms with van der Waals surface area (Å²) in [7, 11) is -3.17. The van der Waals surface area contributed by atoms with Crippen molar-refractivity contribution in [2.75, 3.05) is 12.8 Å². The molecule has 1 aliphatic rings. The molecule has 2 heterocycles. The predicted octanol–water partition coefficient (Wildman–Crippen LogP) is 1.89. The van der Waals surface area contributed by atoms with Gasteiger partial charge in [-0.25, -0.2) is 8.42 Å². The molecule has 1 fully saturated rings. The van der Waals surface area contributed by atoms with Crippen molar-refractivity contribution < 1.29 is 12.9 Å². The van der Waals surface area contributed by atoms with Crippen LogP contribution >= 0.6 is 0 Å². The third-order valence-electron chi connectivity index (χ3n) is 3.10. The summed E-state index contributed by atoms with van der Waals surface area (Å²) in [6, 6.07) is 1.70. The molecule has 0 amide bonds. The van der Waals surface area contributed by atoms with Gasteiger partial charge >= 0.3 is 0 Å². The molecular weight excluding hydrogens is 240 g/mol. The van der Waals surface area contributed by atoms with Crippen LogP contribution in [-0.4, -0.2) is 30.7 Å². The highest BCUT2D eigenvalue weighted by Gasteiger charge is 2.35. The van der Waals surface area contributed by atoms with Crippen LogP contribution in [0.1, 0.15) is 50.1 Å². The molecule has 0 saturated carbocycles. The van der Waals surface area contributed by atoms with Crippen LogP contribution in [0.3, 0.4) is 0 Å². The number of sulfonamides is 1. The number of hydrogen-bond acceptors (Lipinski definition) is 4. The smallest absolute Gasteiger partial charge is 0.211 e. The molecule has 1 unspecified atom stereocenters. The zero-order chi connectivity index (χ0) is 12.6. The highest BCUT2D eigenvalue weighted by molar-refractivity contribution is 7.88. The van der Waals surface area contributed by atoms with Crippen LogP contribution in [0.2, 0.25) is 0 Å². The molecule has 0 bridgehead atoms. The van der Waals surface area contributed by atoms with Crippen molar-refractivity contribution >= 4 is 10.0 Å². The first-order chi connectivity index (χ1) is 7.89. The van der Waals surface area contributed by atoms with Gasteiger partial charge in [0.1, 0.15) is 0 Å². The summed E-state index contributed by atoms with van der Waals surface area (Å²) in [4.78, 5) is 0. The van der Waals surface area contributed by atoms with E-state index < -0.39 is 10.0 Å². The average molecular weight is 258 g/mol. The second kappa shape index (κ2) is 4.42. The SMILES string of the molecule is CC(C)c1cc(C2CCCN2S(C)(=O)=O)on1. The molecule has 2 rings (SSSR count). The van der Waals surface area contributed by atoms with Crippen molar-refractivity contribution in [3.8, 4) is 0 Å². The van der Waals surface area contributed by atoms with Crippen molar-refractivity contribution in [1.82, 2.24) is 9.46 Å².